The van der Waals surface area contributed by atoms with Crippen LogP contribution in [-0.2, 0) is 6.54 Å². The standard InChI is InChI=1S/C15H19F2N3/c1-3-13(4-2)20-8-7-12(19-20)10-18-11-5-6-14(16)15(17)9-11/h5-9,13,18H,3-4,10H2,1-2H3. The molecule has 1 heterocycles. The first-order chi connectivity index (χ1) is 9.63. The summed E-state index contributed by atoms with van der Waals surface area (Å²) in [5.74, 6) is -1.69. The second-order valence-electron chi connectivity index (χ2n) is 4.74. The summed E-state index contributed by atoms with van der Waals surface area (Å²) >= 11 is 0. The Bertz CT molecular complexity index is 562. The van der Waals surface area contributed by atoms with Crippen LogP contribution in [-0.4, -0.2) is 9.78 Å². The molecule has 0 bridgehead atoms. The molecule has 3 nitrogen and oxygen atoms in total. The second-order valence-corrected chi connectivity index (χ2v) is 4.74. The molecule has 108 valence electrons. The number of halogens is 2. The van der Waals surface area contributed by atoms with E-state index >= 15 is 0 Å². The van der Waals surface area contributed by atoms with Crippen LogP contribution in [0, 0.1) is 11.6 Å². The zero-order valence-electron chi connectivity index (χ0n) is 11.7. The van der Waals surface area contributed by atoms with Gasteiger partial charge in [0.25, 0.3) is 0 Å². The molecule has 0 aliphatic rings. The molecule has 1 aromatic carbocycles. The van der Waals surface area contributed by atoms with E-state index in [9.17, 15) is 8.78 Å². The Morgan fingerprint density at radius 3 is 2.55 bits per heavy atom. The highest BCUT2D eigenvalue weighted by Gasteiger charge is 2.08. The Morgan fingerprint density at radius 2 is 1.90 bits per heavy atom. The van der Waals surface area contributed by atoms with Gasteiger partial charge in [-0.3, -0.25) is 4.68 Å². The molecule has 0 unspecified atom stereocenters. The summed E-state index contributed by atoms with van der Waals surface area (Å²) in [6, 6.07) is 6.11. The van der Waals surface area contributed by atoms with Crippen molar-refractivity contribution < 1.29 is 8.78 Å². The molecule has 0 aliphatic carbocycles. The van der Waals surface area contributed by atoms with Gasteiger partial charge in [0.15, 0.2) is 11.6 Å². The lowest BCUT2D eigenvalue weighted by Crippen LogP contribution is -2.09. The molecule has 0 spiro atoms. The van der Waals surface area contributed by atoms with Crippen molar-refractivity contribution in [1.82, 2.24) is 9.78 Å². The summed E-state index contributed by atoms with van der Waals surface area (Å²) in [5.41, 5.74) is 1.42. The van der Waals surface area contributed by atoms with Crippen molar-refractivity contribution in [2.24, 2.45) is 0 Å². The van der Waals surface area contributed by atoms with Crippen molar-refractivity contribution in [3.63, 3.8) is 0 Å². The van der Waals surface area contributed by atoms with Gasteiger partial charge in [-0.15, -0.1) is 0 Å². The van der Waals surface area contributed by atoms with Gasteiger partial charge in [0, 0.05) is 18.0 Å². The van der Waals surface area contributed by atoms with Crippen molar-refractivity contribution in [2.75, 3.05) is 5.32 Å². The molecule has 1 N–H and O–H groups in total. The van der Waals surface area contributed by atoms with Crippen molar-refractivity contribution in [3.8, 4) is 0 Å². The van der Waals surface area contributed by atoms with Gasteiger partial charge in [0.05, 0.1) is 18.3 Å². The van der Waals surface area contributed by atoms with E-state index in [0.29, 0.717) is 18.3 Å². The summed E-state index contributed by atoms with van der Waals surface area (Å²) in [6.45, 7) is 4.75. The molecule has 20 heavy (non-hydrogen) atoms. The van der Waals surface area contributed by atoms with Gasteiger partial charge >= 0.3 is 0 Å². The first-order valence-corrected chi connectivity index (χ1v) is 6.87. The minimum absolute atomic E-state index is 0.409. The van der Waals surface area contributed by atoms with Crippen LogP contribution in [0.1, 0.15) is 38.4 Å². The summed E-state index contributed by atoms with van der Waals surface area (Å²) < 4.78 is 27.8. The van der Waals surface area contributed by atoms with Crippen LogP contribution >= 0.6 is 0 Å². The fourth-order valence-electron chi connectivity index (χ4n) is 2.14. The number of anilines is 1. The average Bonchev–Trinajstić information content (AvgIpc) is 2.90. The van der Waals surface area contributed by atoms with Gasteiger partial charge in [-0.1, -0.05) is 13.8 Å². The number of nitrogens with one attached hydrogen (secondary N) is 1. The predicted octanol–water partition coefficient (Wildman–Crippen LogP) is 4.13. The van der Waals surface area contributed by atoms with Gasteiger partial charge < -0.3 is 5.32 Å². The van der Waals surface area contributed by atoms with Gasteiger partial charge in [-0.2, -0.15) is 5.10 Å². The topological polar surface area (TPSA) is 29.9 Å². The zero-order valence-corrected chi connectivity index (χ0v) is 11.7. The molecular weight excluding hydrogens is 260 g/mol. The van der Waals surface area contributed by atoms with Crippen molar-refractivity contribution >= 4 is 5.69 Å². The molecule has 0 aliphatic heterocycles. The third kappa shape index (κ3) is 3.35. The Kier molecular flexibility index (Phi) is 4.71. The van der Waals surface area contributed by atoms with Gasteiger partial charge in [-0.05, 0) is 31.0 Å². The largest absolute Gasteiger partial charge is 0.379 e. The Labute approximate surface area is 117 Å². The molecule has 0 saturated carbocycles. The Hall–Kier alpha value is -1.91. The molecule has 2 aromatic rings. The number of rotatable bonds is 6. The summed E-state index contributed by atoms with van der Waals surface area (Å²) in [7, 11) is 0. The summed E-state index contributed by atoms with van der Waals surface area (Å²) in [4.78, 5) is 0. The first-order valence-electron chi connectivity index (χ1n) is 6.87. The second kappa shape index (κ2) is 6.50. The third-order valence-electron chi connectivity index (χ3n) is 3.37. The highest BCUT2D eigenvalue weighted by molar-refractivity contribution is 5.43. The zero-order chi connectivity index (χ0) is 14.5. The maximum Gasteiger partial charge on any atom is 0.160 e. The van der Waals surface area contributed by atoms with E-state index in [2.05, 4.69) is 24.3 Å². The van der Waals surface area contributed by atoms with E-state index in [1.807, 2.05) is 16.9 Å². The Balaban J connectivity index is 1.98. The van der Waals surface area contributed by atoms with E-state index < -0.39 is 11.6 Å². The molecule has 0 radical (unpaired) electrons. The smallest absolute Gasteiger partial charge is 0.160 e. The van der Waals surface area contributed by atoms with Crippen LogP contribution in [0.3, 0.4) is 0 Å². The van der Waals surface area contributed by atoms with E-state index in [-0.39, 0.29) is 0 Å². The highest BCUT2D eigenvalue weighted by atomic mass is 19.2. The van der Waals surface area contributed by atoms with Crippen LogP contribution in [0.5, 0.6) is 0 Å². The monoisotopic (exact) mass is 279 g/mol. The highest BCUT2D eigenvalue weighted by Crippen LogP contribution is 2.16. The lowest BCUT2D eigenvalue weighted by atomic mass is 10.2. The van der Waals surface area contributed by atoms with Crippen molar-refractivity contribution in [2.45, 2.75) is 39.3 Å². The van der Waals surface area contributed by atoms with Crippen LogP contribution in [0.25, 0.3) is 0 Å². The van der Waals surface area contributed by atoms with E-state index in [4.69, 9.17) is 0 Å². The molecule has 5 heteroatoms. The van der Waals surface area contributed by atoms with Crippen LogP contribution < -0.4 is 5.32 Å². The number of hydrogen-bond donors (Lipinski definition) is 1. The molecular formula is C15H19F2N3. The quantitative estimate of drug-likeness (QED) is 0.861. The molecule has 0 atom stereocenters. The predicted molar refractivity (Wildman–Crippen MR) is 75.5 cm³/mol. The lowest BCUT2D eigenvalue weighted by Gasteiger charge is -2.12. The number of benzene rings is 1. The maximum atomic E-state index is 13.1. The fourth-order valence-corrected chi connectivity index (χ4v) is 2.14. The molecule has 0 fully saturated rings. The molecule has 1 aromatic heterocycles. The van der Waals surface area contributed by atoms with E-state index in [1.54, 1.807) is 0 Å². The maximum absolute atomic E-state index is 13.1. The van der Waals surface area contributed by atoms with Crippen molar-refractivity contribution in [1.29, 1.82) is 0 Å². The summed E-state index contributed by atoms with van der Waals surface area (Å²) in [5, 5.41) is 7.53. The minimum atomic E-state index is -0.849. The van der Waals surface area contributed by atoms with Crippen molar-refractivity contribution in [3.05, 3.63) is 47.8 Å². The number of nitrogens with zero attached hydrogens (tertiary/aromatic N) is 2. The Morgan fingerprint density at radius 1 is 1.15 bits per heavy atom. The van der Waals surface area contributed by atoms with Gasteiger partial charge in [0.2, 0.25) is 0 Å². The molecule has 2 rings (SSSR count). The molecule has 0 saturated heterocycles. The van der Waals surface area contributed by atoms with Crippen LogP contribution in [0.4, 0.5) is 14.5 Å². The molecule has 0 amide bonds. The normalized spacial score (nSPS) is 11.1. The number of hydrogen-bond acceptors (Lipinski definition) is 2. The number of aromatic nitrogens is 2. The first kappa shape index (κ1) is 14.5. The van der Waals surface area contributed by atoms with Gasteiger partial charge in [-0.25, -0.2) is 8.78 Å². The van der Waals surface area contributed by atoms with E-state index in [1.165, 1.54) is 6.07 Å². The van der Waals surface area contributed by atoms with Crippen LogP contribution in [0.2, 0.25) is 0 Å². The SMILES string of the molecule is CCC(CC)n1ccc(CNc2ccc(F)c(F)c2)n1. The fraction of sp³-hybridized carbons (Fsp3) is 0.400. The van der Waals surface area contributed by atoms with E-state index in [0.717, 1.165) is 30.7 Å². The average molecular weight is 279 g/mol. The summed E-state index contributed by atoms with van der Waals surface area (Å²) in [6.07, 6.45) is 4.03. The van der Waals surface area contributed by atoms with Gasteiger partial charge in [0.1, 0.15) is 0 Å². The van der Waals surface area contributed by atoms with Crippen LogP contribution in [0.15, 0.2) is 30.5 Å². The minimum Gasteiger partial charge on any atom is -0.379 e. The lowest BCUT2D eigenvalue weighted by molar-refractivity contribution is 0.426. The third-order valence-corrected chi connectivity index (χ3v) is 3.37.